The van der Waals surface area contributed by atoms with E-state index in [2.05, 4.69) is 32.1 Å². The van der Waals surface area contributed by atoms with Crippen LogP contribution in [0.25, 0.3) is 0 Å². The van der Waals surface area contributed by atoms with Gasteiger partial charge in [0, 0.05) is 44.0 Å². The topological polar surface area (TPSA) is 204 Å². The zero-order valence-electron chi connectivity index (χ0n) is 33.0. The fourth-order valence-electron chi connectivity index (χ4n) is 8.46. The number of nitrogens with one attached hydrogen (secondary N) is 2. The van der Waals surface area contributed by atoms with E-state index in [1.165, 1.54) is 58.6 Å². The van der Waals surface area contributed by atoms with E-state index < -0.39 is 26.1 Å². The molecule has 0 saturated heterocycles. The number of hydrogen-bond donors (Lipinski definition) is 3. The molecule has 0 aliphatic heterocycles. The van der Waals surface area contributed by atoms with Gasteiger partial charge in [-0.05, 0) is 122 Å². The summed E-state index contributed by atoms with van der Waals surface area (Å²) in [5, 5.41) is 16.3. The minimum atomic E-state index is -4.04. The van der Waals surface area contributed by atoms with E-state index in [-0.39, 0.29) is 21.9 Å². The maximum Gasteiger partial charge on any atom is 0.333 e. The Morgan fingerprint density at radius 1 is 0.732 bits per heavy atom. The number of benzene rings is 2. The number of nitrogens with zero attached hydrogens (tertiary/aromatic N) is 5. The molecular weight excluding hydrogens is 753 g/mol. The monoisotopic (exact) mass is 804 g/mol. The minimum Gasteiger partial charge on any atom is -0.387 e. The molecule has 2 heterocycles. The Morgan fingerprint density at radius 2 is 1.14 bits per heavy atom. The van der Waals surface area contributed by atoms with Crippen LogP contribution in [0.5, 0.6) is 5.75 Å². The lowest BCUT2D eigenvalue weighted by atomic mass is 9.99. The quantitative estimate of drug-likeness (QED) is 0.195. The van der Waals surface area contributed by atoms with Crippen molar-refractivity contribution in [3.63, 3.8) is 0 Å². The number of aromatic nitrogens is 4. The molecule has 4 aliphatic carbocycles. The molecule has 0 atom stereocenters. The van der Waals surface area contributed by atoms with E-state index >= 15 is 0 Å². The highest BCUT2D eigenvalue weighted by molar-refractivity contribution is 7.90. The summed E-state index contributed by atoms with van der Waals surface area (Å²) in [7, 11) is -4.21. The Kier molecular flexibility index (Phi) is 12.0. The molecular formula is C40H52N8O6S2. The summed E-state index contributed by atoms with van der Waals surface area (Å²) in [6.07, 6.45) is 17.6. The number of imidazole rings is 2. The average Bonchev–Trinajstić information content (AvgIpc) is 3.96. The number of hydrogen-bond acceptors (Lipinski definition) is 9. The largest absolute Gasteiger partial charge is 0.387 e. The number of carbonyl (C=O) groups is 1. The van der Waals surface area contributed by atoms with Crippen molar-refractivity contribution in [1.29, 1.82) is 5.26 Å². The van der Waals surface area contributed by atoms with Crippen LogP contribution in [0.3, 0.4) is 0 Å². The fourth-order valence-corrected chi connectivity index (χ4v) is 9.89. The van der Waals surface area contributed by atoms with E-state index in [0.717, 1.165) is 86.8 Å². The van der Waals surface area contributed by atoms with Crippen LogP contribution in [0.15, 0.2) is 34.6 Å². The number of sulfonamides is 2. The number of urea groups is 1. The molecule has 4 aromatic rings. The first-order chi connectivity index (χ1) is 26.5. The lowest BCUT2D eigenvalue weighted by Crippen LogP contribution is -2.35. The van der Waals surface area contributed by atoms with Crippen LogP contribution in [-0.2, 0) is 85.5 Å². The van der Waals surface area contributed by atoms with Crippen molar-refractivity contribution in [3.8, 4) is 12.0 Å². The molecule has 0 spiro atoms. The summed E-state index contributed by atoms with van der Waals surface area (Å²) in [4.78, 5) is 20.7. The molecule has 4 aliphatic rings. The molecule has 0 radical (unpaired) electrons. The summed E-state index contributed by atoms with van der Waals surface area (Å²) in [6.45, 7) is 7.76. The van der Waals surface area contributed by atoms with Gasteiger partial charge in [-0.15, -0.1) is 5.26 Å². The van der Waals surface area contributed by atoms with Crippen LogP contribution in [0, 0.1) is 11.5 Å². The Labute approximate surface area is 330 Å². The van der Waals surface area contributed by atoms with Crippen LogP contribution >= 0.6 is 0 Å². The number of nitrogens with two attached hydrogens (primary N) is 1. The molecule has 16 heteroatoms. The number of ether oxygens (including phenoxy) is 1. The normalized spacial score (nSPS) is 15.2. The van der Waals surface area contributed by atoms with Gasteiger partial charge in [0.25, 0.3) is 26.3 Å². The highest BCUT2D eigenvalue weighted by atomic mass is 32.2. The van der Waals surface area contributed by atoms with Gasteiger partial charge in [-0.2, -0.15) is 8.42 Å². The Morgan fingerprint density at radius 3 is 1.54 bits per heavy atom. The molecule has 2 aromatic carbocycles. The number of fused-ring (bicyclic) bond motifs is 4. The second-order valence-corrected chi connectivity index (χ2v) is 18.8. The maximum atomic E-state index is 12.6. The molecule has 4 N–H and O–H groups in total. The Bertz CT molecular complexity index is 2360. The number of anilines is 1. The van der Waals surface area contributed by atoms with Crippen molar-refractivity contribution in [3.05, 3.63) is 80.7 Å². The number of primary sulfonamides is 1. The minimum absolute atomic E-state index is 0.0706. The molecule has 2 aromatic heterocycles. The van der Waals surface area contributed by atoms with Gasteiger partial charge in [-0.1, -0.05) is 39.8 Å². The molecule has 0 unspecified atom stereocenters. The van der Waals surface area contributed by atoms with E-state index in [0.29, 0.717) is 11.6 Å². The Balaban J connectivity index is 0.000000159. The SMILES string of the molecule is CC(C)c1nc(S(=O)(=O)NC(=O)Nc2c3c(cc4c2CCC4)CCC3)cn1C.CC(C)c1nc(S(N)(=O)=O)cn1C.N#COc1c2c(cc3c1CCC3)CCC2. The molecule has 2 amide bonds. The molecule has 0 saturated carbocycles. The second-order valence-electron chi connectivity index (χ2n) is 15.6. The summed E-state index contributed by atoms with van der Waals surface area (Å²) in [5.41, 5.74) is 11.1. The molecule has 14 nitrogen and oxygen atoms in total. The number of amides is 2. The third kappa shape index (κ3) is 8.64. The van der Waals surface area contributed by atoms with Crippen LogP contribution in [0.4, 0.5) is 10.5 Å². The van der Waals surface area contributed by atoms with Gasteiger partial charge in [0.05, 0.1) is 0 Å². The van der Waals surface area contributed by atoms with Crippen LogP contribution in [0.1, 0.15) is 121 Å². The summed E-state index contributed by atoms with van der Waals surface area (Å²) >= 11 is 0. The number of aryl methyl sites for hydroxylation is 6. The number of nitriles is 1. The first kappa shape index (κ1) is 40.9. The third-order valence-electron chi connectivity index (χ3n) is 10.9. The van der Waals surface area contributed by atoms with Crippen LogP contribution in [0.2, 0.25) is 0 Å². The molecule has 300 valence electrons. The predicted octanol–water partition coefficient (Wildman–Crippen LogP) is 5.75. The van der Waals surface area contributed by atoms with Gasteiger partial charge >= 0.3 is 6.03 Å². The number of carbonyl (C=O) groups excluding carboxylic acids is 1. The summed E-state index contributed by atoms with van der Waals surface area (Å²) in [5.74, 6) is 2.53. The first-order valence-corrected chi connectivity index (χ1v) is 22.3. The molecule has 8 rings (SSSR count). The molecule has 0 fully saturated rings. The van der Waals surface area contributed by atoms with Gasteiger partial charge in [-0.25, -0.2) is 33.0 Å². The van der Waals surface area contributed by atoms with Gasteiger partial charge in [0.15, 0.2) is 10.1 Å². The standard InChI is InChI=1S/C20H26N4O3S.C13H13NO.C7H13N3O2S/c1-12(2)19-21-17(11-24(19)3)28(26,27)23-20(25)22-18-15-8-4-6-13(15)10-14-7-5-9-16(14)18;14-8-15-13-11-5-1-3-9(11)7-10-4-2-6-12(10)13;1-5(2)7-9-6(4-10(7)3)13(8,11)12/h10-12H,4-9H2,1-3H3,(H2,22,23,25);7H,1-6H2;4-5H,1-3H3,(H2,8,11,12). The number of rotatable bonds is 7. The van der Waals surface area contributed by atoms with Gasteiger partial charge in [-0.3, -0.25) is 0 Å². The first-order valence-electron chi connectivity index (χ1n) is 19.3. The van der Waals surface area contributed by atoms with Crippen molar-refractivity contribution >= 4 is 31.8 Å². The van der Waals surface area contributed by atoms with Gasteiger partial charge < -0.3 is 19.2 Å². The van der Waals surface area contributed by atoms with Crippen LogP contribution in [-0.4, -0.2) is 42.0 Å². The molecule has 0 bridgehead atoms. The fraction of sp³-hybridized carbons (Fsp3) is 0.500. The Hall–Kier alpha value is -4.72. The second kappa shape index (κ2) is 16.4. The van der Waals surface area contributed by atoms with Crippen LogP contribution < -0.4 is 19.9 Å². The maximum absolute atomic E-state index is 12.6. The molecule has 56 heavy (non-hydrogen) atoms. The van der Waals surface area contributed by atoms with Gasteiger partial charge in [0.1, 0.15) is 17.4 Å². The van der Waals surface area contributed by atoms with E-state index in [1.54, 1.807) is 23.2 Å². The van der Waals surface area contributed by atoms with Crippen molar-refractivity contribution in [1.82, 2.24) is 23.8 Å². The summed E-state index contributed by atoms with van der Waals surface area (Å²) < 4.78 is 57.8. The third-order valence-corrected chi connectivity index (χ3v) is 12.9. The van der Waals surface area contributed by atoms with Crippen molar-refractivity contribution in [2.45, 2.75) is 127 Å². The smallest absolute Gasteiger partial charge is 0.333 e. The zero-order valence-corrected chi connectivity index (χ0v) is 34.7. The van der Waals surface area contributed by atoms with E-state index in [1.807, 2.05) is 34.0 Å². The average molecular weight is 805 g/mol. The van der Waals surface area contributed by atoms with Crippen molar-refractivity contribution in [2.75, 3.05) is 5.32 Å². The van der Waals surface area contributed by atoms with Crippen molar-refractivity contribution in [2.24, 2.45) is 19.2 Å². The lowest BCUT2D eigenvalue weighted by molar-refractivity contribution is 0.256. The predicted molar refractivity (Wildman–Crippen MR) is 213 cm³/mol. The van der Waals surface area contributed by atoms with Gasteiger partial charge in [0.2, 0.25) is 0 Å². The lowest BCUT2D eigenvalue weighted by Gasteiger charge is -2.16. The highest BCUT2D eigenvalue weighted by Gasteiger charge is 2.28. The van der Waals surface area contributed by atoms with E-state index in [9.17, 15) is 21.6 Å². The summed E-state index contributed by atoms with van der Waals surface area (Å²) in [6, 6.07) is 3.88. The van der Waals surface area contributed by atoms with Crippen molar-refractivity contribution < 1.29 is 26.4 Å². The van der Waals surface area contributed by atoms with E-state index in [4.69, 9.17) is 15.1 Å². The zero-order chi connectivity index (χ0) is 40.5. The highest BCUT2D eigenvalue weighted by Crippen LogP contribution is 2.40.